The predicted octanol–water partition coefficient (Wildman–Crippen LogP) is 4.35. The number of hydrogen-bond donors (Lipinski definition) is 1. The van der Waals surface area contributed by atoms with Crippen molar-refractivity contribution in [2.45, 2.75) is 18.9 Å². The van der Waals surface area contributed by atoms with Crippen molar-refractivity contribution in [2.24, 2.45) is 0 Å². The molecule has 6 heteroatoms. The SMILES string of the molecule is Cc1ccc2cc(C)c(SCC(=O)Nc3ccc4c(c3)OCCO4)nc2c1. The van der Waals surface area contributed by atoms with Gasteiger partial charge in [-0.1, -0.05) is 23.9 Å². The third-order valence-corrected chi connectivity index (χ3v) is 5.38. The van der Waals surface area contributed by atoms with E-state index in [4.69, 9.17) is 14.5 Å². The Kier molecular flexibility index (Phi) is 4.90. The molecule has 2 aromatic carbocycles. The number of nitrogens with zero attached hydrogens (tertiary/aromatic N) is 1. The molecule has 4 rings (SSSR count). The van der Waals surface area contributed by atoms with Gasteiger partial charge in [-0.05, 0) is 49.2 Å². The lowest BCUT2D eigenvalue weighted by Crippen LogP contribution is -2.17. The Bertz CT molecular complexity index is 1020. The molecule has 0 saturated carbocycles. The summed E-state index contributed by atoms with van der Waals surface area (Å²) in [6.45, 7) is 5.14. The molecule has 3 aromatic rings. The third-order valence-electron chi connectivity index (χ3n) is 4.28. The van der Waals surface area contributed by atoms with Crippen molar-refractivity contribution in [3.8, 4) is 11.5 Å². The van der Waals surface area contributed by atoms with Gasteiger partial charge in [0.2, 0.25) is 5.91 Å². The van der Waals surface area contributed by atoms with Gasteiger partial charge in [0.05, 0.1) is 11.3 Å². The average molecular weight is 380 g/mol. The van der Waals surface area contributed by atoms with Gasteiger partial charge in [-0.2, -0.15) is 0 Å². The largest absolute Gasteiger partial charge is 0.486 e. The van der Waals surface area contributed by atoms with E-state index in [1.54, 1.807) is 6.07 Å². The highest BCUT2D eigenvalue weighted by atomic mass is 32.2. The van der Waals surface area contributed by atoms with Crippen LogP contribution in [0, 0.1) is 13.8 Å². The number of carbonyl (C=O) groups is 1. The first-order valence-electron chi connectivity index (χ1n) is 8.79. The summed E-state index contributed by atoms with van der Waals surface area (Å²) in [5.41, 5.74) is 3.90. The minimum Gasteiger partial charge on any atom is -0.486 e. The minimum atomic E-state index is -0.0813. The number of pyridine rings is 1. The topological polar surface area (TPSA) is 60.5 Å². The van der Waals surface area contributed by atoms with Crippen LogP contribution >= 0.6 is 11.8 Å². The molecule has 0 saturated heterocycles. The number of aryl methyl sites for hydroxylation is 2. The monoisotopic (exact) mass is 380 g/mol. The van der Waals surface area contributed by atoms with Crippen molar-refractivity contribution in [3.05, 3.63) is 53.6 Å². The number of carbonyl (C=O) groups excluding carboxylic acids is 1. The van der Waals surface area contributed by atoms with Crippen LogP contribution in [-0.4, -0.2) is 29.9 Å². The number of amides is 1. The Balaban J connectivity index is 1.43. The Hall–Kier alpha value is -2.73. The van der Waals surface area contributed by atoms with E-state index in [0.29, 0.717) is 36.2 Å². The van der Waals surface area contributed by atoms with Crippen LogP contribution in [0.4, 0.5) is 5.69 Å². The van der Waals surface area contributed by atoms with E-state index in [1.165, 1.54) is 17.3 Å². The summed E-state index contributed by atoms with van der Waals surface area (Å²) in [6.07, 6.45) is 0. The van der Waals surface area contributed by atoms with Gasteiger partial charge in [-0.15, -0.1) is 0 Å². The van der Waals surface area contributed by atoms with Crippen LogP contribution in [-0.2, 0) is 4.79 Å². The summed E-state index contributed by atoms with van der Waals surface area (Å²) >= 11 is 1.44. The van der Waals surface area contributed by atoms with Crippen LogP contribution in [0.5, 0.6) is 11.5 Å². The number of thioether (sulfide) groups is 1. The summed E-state index contributed by atoms with van der Waals surface area (Å²) in [5, 5.41) is 4.90. The fraction of sp³-hybridized carbons (Fsp3) is 0.238. The maximum atomic E-state index is 12.4. The maximum Gasteiger partial charge on any atom is 0.234 e. The van der Waals surface area contributed by atoms with E-state index >= 15 is 0 Å². The second-order valence-corrected chi connectivity index (χ2v) is 7.47. The zero-order valence-corrected chi connectivity index (χ0v) is 16.1. The molecule has 1 aromatic heterocycles. The van der Waals surface area contributed by atoms with Gasteiger partial charge >= 0.3 is 0 Å². The molecule has 1 amide bonds. The number of fused-ring (bicyclic) bond motifs is 2. The van der Waals surface area contributed by atoms with Gasteiger partial charge in [0.1, 0.15) is 18.2 Å². The molecule has 27 heavy (non-hydrogen) atoms. The number of rotatable bonds is 4. The van der Waals surface area contributed by atoms with Gasteiger partial charge in [0, 0.05) is 17.1 Å². The molecular weight excluding hydrogens is 360 g/mol. The third kappa shape index (κ3) is 4.01. The Morgan fingerprint density at radius 1 is 1.07 bits per heavy atom. The molecule has 0 unspecified atom stereocenters. The van der Waals surface area contributed by atoms with Crippen molar-refractivity contribution < 1.29 is 14.3 Å². The molecule has 0 aliphatic carbocycles. The van der Waals surface area contributed by atoms with Crippen molar-refractivity contribution in [3.63, 3.8) is 0 Å². The first-order chi connectivity index (χ1) is 13.1. The minimum absolute atomic E-state index is 0.0813. The number of benzene rings is 2. The lowest BCUT2D eigenvalue weighted by Gasteiger charge is -2.19. The van der Waals surface area contributed by atoms with Crippen LogP contribution < -0.4 is 14.8 Å². The Labute approximate surface area is 162 Å². The van der Waals surface area contributed by atoms with Gasteiger partial charge in [0.25, 0.3) is 0 Å². The zero-order valence-electron chi connectivity index (χ0n) is 15.2. The summed E-state index contributed by atoms with van der Waals surface area (Å²) in [5.74, 6) is 1.58. The Morgan fingerprint density at radius 3 is 2.74 bits per heavy atom. The summed E-state index contributed by atoms with van der Waals surface area (Å²) in [7, 11) is 0. The molecule has 1 aliphatic heterocycles. The first-order valence-corrected chi connectivity index (χ1v) is 9.77. The Morgan fingerprint density at radius 2 is 1.89 bits per heavy atom. The van der Waals surface area contributed by atoms with Crippen molar-refractivity contribution in [1.29, 1.82) is 0 Å². The highest BCUT2D eigenvalue weighted by Crippen LogP contribution is 2.32. The van der Waals surface area contributed by atoms with Crippen LogP contribution in [0.2, 0.25) is 0 Å². The molecule has 5 nitrogen and oxygen atoms in total. The van der Waals surface area contributed by atoms with Crippen LogP contribution in [0.15, 0.2) is 47.5 Å². The number of anilines is 1. The molecule has 2 heterocycles. The maximum absolute atomic E-state index is 12.4. The normalized spacial score (nSPS) is 12.8. The zero-order chi connectivity index (χ0) is 18.8. The summed E-state index contributed by atoms with van der Waals surface area (Å²) < 4.78 is 11.0. The van der Waals surface area contributed by atoms with Crippen molar-refractivity contribution in [1.82, 2.24) is 4.98 Å². The van der Waals surface area contributed by atoms with E-state index in [0.717, 1.165) is 21.5 Å². The van der Waals surface area contributed by atoms with Crippen LogP contribution in [0.25, 0.3) is 10.9 Å². The fourth-order valence-corrected chi connectivity index (χ4v) is 3.75. The summed E-state index contributed by atoms with van der Waals surface area (Å²) in [6, 6.07) is 13.8. The number of nitrogens with one attached hydrogen (secondary N) is 1. The molecule has 0 atom stereocenters. The lowest BCUT2D eigenvalue weighted by atomic mass is 10.1. The molecule has 138 valence electrons. The molecule has 0 fully saturated rings. The molecule has 1 N–H and O–H groups in total. The smallest absolute Gasteiger partial charge is 0.234 e. The standard InChI is InChI=1S/C21H20N2O3S/c1-13-3-4-15-10-14(2)21(23-17(15)9-13)27-12-20(24)22-16-5-6-18-19(11-16)26-8-7-25-18/h3-6,9-11H,7-8,12H2,1-2H3,(H,22,24). The molecule has 0 spiro atoms. The van der Waals surface area contributed by atoms with Crippen LogP contribution in [0.1, 0.15) is 11.1 Å². The van der Waals surface area contributed by atoms with Gasteiger partial charge in [0.15, 0.2) is 11.5 Å². The number of ether oxygens (including phenoxy) is 2. The fourth-order valence-electron chi connectivity index (χ4n) is 2.96. The van der Waals surface area contributed by atoms with Gasteiger partial charge in [-0.3, -0.25) is 4.79 Å². The summed E-state index contributed by atoms with van der Waals surface area (Å²) in [4.78, 5) is 17.1. The lowest BCUT2D eigenvalue weighted by molar-refractivity contribution is -0.113. The number of hydrogen-bond acceptors (Lipinski definition) is 5. The van der Waals surface area contributed by atoms with E-state index in [9.17, 15) is 4.79 Å². The average Bonchev–Trinajstić information content (AvgIpc) is 2.66. The van der Waals surface area contributed by atoms with Crippen LogP contribution in [0.3, 0.4) is 0 Å². The van der Waals surface area contributed by atoms with Crippen molar-refractivity contribution in [2.75, 3.05) is 24.3 Å². The number of aromatic nitrogens is 1. The second kappa shape index (κ2) is 7.48. The first kappa shape index (κ1) is 17.7. The van der Waals surface area contributed by atoms with E-state index in [1.807, 2.05) is 19.1 Å². The highest BCUT2D eigenvalue weighted by molar-refractivity contribution is 8.00. The quantitative estimate of drug-likeness (QED) is 0.682. The molecule has 0 radical (unpaired) electrons. The highest BCUT2D eigenvalue weighted by Gasteiger charge is 2.13. The van der Waals surface area contributed by atoms with Gasteiger partial charge in [-0.25, -0.2) is 4.98 Å². The second-order valence-electron chi connectivity index (χ2n) is 6.50. The van der Waals surface area contributed by atoms with E-state index in [2.05, 4.69) is 36.5 Å². The predicted molar refractivity (Wildman–Crippen MR) is 108 cm³/mol. The van der Waals surface area contributed by atoms with Crippen molar-refractivity contribution >= 4 is 34.3 Å². The molecular formula is C21H20N2O3S. The van der Waals surface area contributed by atoms with E-state index in [-0.39, 0.29) is 5.91 Å². The van der Waals surface area contributed by atoms with E-state index < -0.39 is 0 Å². The van der Waals surface area contributed by atoms with Gasteiger partial charge < -0.3 is 14.8 Å². The molecule has 1 aliphatic rings. The molecule has 0 bridgehead atoms.